The molecule has 2 aromatic rings. The third-order valence-corrected chi connectivity index (χ3v) is 5.18. The van der Waals surface area contributed by atoms with Gasteiger partial charge in [0.1, 0.15) is 5.82 Å². The van der Waals surface area contributed by atoms with Crippen LogP contribution in [0.2, 0.25) is 0 Å². The Morgan fingerprint density at radius 1 is 1.07 bits per heavy atom. The molecular weight excluding hydrogens is 363 g/mol. The summed E-state index contributed by atoms with van der Waals surface area (Å²) in [6.07, 6.45) is -0.545. The van der Waals surface area contributed by atoms with Gasteiger partial charge in [0.15, 0.2) is 5.65 Å². The fourth-order valence-electron chi connectivity index (χ4n) is 3.57. The maximum atomic E-state index is 13.0. The minimum Gasteiger partial charge on any atom is -0.381 e. The minimum absolute atomic E-state index is 0.0887. The first kappa shape index (κ1) is 18.4. The number of piperidine rings is 1. The molecule has 0 aromatic carbocycles. The largest absolute Gasteiger partial charge is 0.453 e. The molecule has 0 radical (unpaired) electrons. The van der Waals surface area contributed by atoms with Crippen molar-refractivity contribution in [2.24, 2.45) is 5.92 Å². The van der Waals surface area contributed by atoms with Crippen molar-refractivity contribution in [3.05, 3.63) is 18.0 Å². The van der Waals surface area contributed by atoms with E-state index in [4.69, 9.17) is 9.47 Å². The molecule has 2 aliphatic rings. The van der Waals surface area contributed by atoms with E-state index in [0.717, 1.165) is 63.1 Å². The zero-order valence-electron chi connectivity index (χ0n) is 14.9. The molecule has 2 saturated heterocycles. The number of ether oxygens (including phenoxy) is 2. The summed E-state index contributed by atoms with van der Waals surface area (Å²) in [6.45, 7) is 3.74. The monoisotopic (exact) mass is 385 g/mol. The number of fused-ring (bicyclic) bond motifs is 1. The van der Waals surface area contributed by atoms with E-state index in [-0.39, 0.29) is 11.8 Å². The molecule has 0 spiro atoms. The highest BCUT2D eigenvalue weighted by Gasteiger charge is 2.38. The molecule has 0 N–H and O–H groups in total. The Kier molecular flexibility index (Phi) is 5.18. The van der Waals surface area contributed by atoms with Gasteiger partial charge >= 0.3 is 6.18 Å². The Hall–Kier alpha value is -1.94. The lowest BCUT2D eigenvalue weighted by Crippen LogP contribution is -2.37. The smallest absolute Gasteiger partial charge is 0.381 e. The maximum absolute atomic E-state index is 13.0. The average Bonchev–Trinajstić information content (AvgIpc) is 3.11. The topological polar surface area (TPSA) is 64.8 Å². The second kappa shape index (κ2) is 7.59. The lowest BCUT2D eigenvalue weighted by molar-refractivity contribution is -0.146. The van der Waals surface area contributed by atoms with Gasteiger partial charge in [0, 0.05) is 32.9 Å². The van der Waals surface area contributed by atoms with Crippen molar-refractivity contribution in [1.29, 1.82) is 0 Å². The molecule has 27 heavy (non-hydrogen) atoms. The van der Waals surface area contributed by atoms with Gasteiger partial charge in [0.25, 0.3) is 5.82 Å². The van der Waals surface area contributed by atoms with Gasteiger partial charge in [-0.1, -0.05) is 0 Å². The summed E-state index contributed by atoms with van der Waals surface area (Å²) in [5.74, 6) is -0.121. The number of rotatable bonds is 4. The van der Waals surface area contributed by atoms with Gasteiger partial charge < -0.3 is 14.4 Å². The number of aromatic nitrogens is 4. The number of alkyl halides is 3. The molecule has 0 aliphatic carbocycles. The maximum Gasteiger partial charge on any atom is 0.453 e. The highest BCUT2D eigenvalue weighted by molar-refractivity contribution is 5.46. The van der Waals surface area contributed by atoms with Crippen LogP contribution in [-0.2, 0) is 15.7 Å². The summed E-state index contributed by atoms with van der Waals surface area (Å²) in [7, 11) is 0. The SMILES string of the molecule is FC(F)(F)c1nnc2ccc(N3CCC(COC4CCOCC4)CC3)nn12. The van der Waals surface area contributed by atoms with E-state index in [1.54, 1.807) is 6.07 Å². The van der Waals surface area contributed by atoms with E-state index in [1.807, 2.05) is 4.90 Å². The van der Waals surface area contributed by atoms with Crippen LogP contribution in [0.3, 0.4) is 0 Å². The van der Waals surface area contributed by atoms with Gasteiger partial charge in [-0.25, -0.2) is 0 Å². The van der Waals surface area contributed by atoms with Gasteiger partial charge in [-0.15, -0.1) is 15.3 Å². The molecule has 4 rings (SSSR count). The molecule has 0 saturated carbocycles. The quantitative estimate of drug-likeness (QED) is 0.806. The number of nitrogens with zero attached hydrogens (tertiary/aromatic N) is 5. The van der Waals surface area contributed by atoms with Gasteiger partial charge in [-0.05, 0) is 43.7 Å². The molecule has 7 nitrogen and oxygen atoms in total. The van der Waals surface area contributed by atoms with Crippen molar-refractivity contribution in [2.45, 2.75) is 38.0 Å². The molecule has 2 fully saturated rings. The highest BCUT2D eigenvalue weighted by atomic mass is 19.4. The summed E-state index contributed by atoms with van der Waals surface area (Å²) in [4.78, 5) is 2.00. The second-order valence-corrected chi connectivity index (χ2v) is 7.06. The lowest BCUT2D eigenvalue weighted by Gasteiger charge is -2.33. The van der Waals surface area contributed by atoms with Crippen LogP contribution in [0, 0.1) is 5.92 Å². The second-order valence-electron chi connectivity index (χ2n) is 7.06. The summed E-state index contributed by atoms with van der Waals surface area (Å²) < 4.78 is 51.2. The Bertz CT molecular complexity index is 768. The fourth-order valence-corrected chi connectivity index (χ4v) is 3.57. The predicted molar refractivity (Wildman–Crippen MR) is 90.5 cm³/mol. The zero-order valence-corrected chi connectivity index (χ0v) is 14.9. The summed E-state index contributed by atoms with van der Waals surface area (Å²) in [5.41, 5.74) is 0.0887. The molecule has 2 aromatic heterocycles. The van der Waals surface area contributed by atoms with E-state index < -0.39 is 12.0 Å². The molecule has 148 valence electrons. The molecule has 2 aliphatic heterocycles. The zero-order chi connectivity index (χ0) is 18.9. The number of halogens is 3. The fraction of sp³-hybridized carbons (Fsp3) is 0.706. The van der Waals surface area contributed by atoms with Crippen molar-refractivity contribution >= 4 is 11.5 Å². The van der Waals surface area contributed by atoms with Crippen molar-refractivity contribution in [3.8, 4) is 0 Å². The van der Waals surface area contributed by atoms with Crippen molar-refractivity contribution in [2.75, 3.05) is 37.8 Å². The van der Waals surface area contributed by atoms with Crippen LogP contribution < -0.4 is 4.90 Å². The van der Waals surface area contributed by atoms with E-state index in [9.17, 15) is 13.2 Å². The van der Waals surface area contributed by atoms with Gasteiger partial charge in [0.2, 0.25) is 0 Å². The molecule has 0 bridgehead atoms. The third-order valence-electron chi connectivity index (χ3n) is 5.18. The summed E-state index contributed by atoms with van der Waals surface area (Å²) in [6, 6.07) is 3.22. The standard InChI is InChI=1S/C17H22F3N5O2/c18-17(19,20)16-22-21-14-1-2-15(23-25(14)16)24-7-3-12(4-8-24)11-27-13-5-9-26-10-6-13/h1-2,12-13H,3-11H2. The first-order valence-corrected chi connectivity index (χ1v) is 9.24. The van der Waals surface area contributed by atoms with Crippen LogP contribution in [0.15, 0.2) is 12.1 Å². The van der Waals surface area contributed by atoms with E-state index >= 15 is 0 Å². The Morgan fingerprint density at radius 3 is 2.52 bits per heavy atom. The molecule has 0 unspecified atom stereocenters. The first-order valence-electron chi connectivity index (χ1n) is 9.24. The molecule has 0 amide bonds. The summed E-state index contributed by atoms with van der Waals surface area (Å²) >= 11 is 0. The van der Waals surface area contributed by atoms with E-state index in [1.165, 1.54) is 6.07 Å². The first-order chi connectivity index (χ1) is 13.0. The van der Waals surface area contributed by atoms with Crippen LogP contribution in [0.4, 0.5) is 19.0 Å². The average molecular weight is 385 g/mol. The van der Waals surface area contributed by atoms with Crippen LogP contribution >= 0.6 is 0 Å². The van der Waals surface area contributed by atoms with Crippen LogP contribution in [0.25, 0.3) is 5.65 Å². The number of anilines is 1. The van der Waals surface area contributed by atoms with Crippen LogP contribution in [0.5, 0.6) is 0 Å². The molecule has 0 atom stereocenters. The summed E-state index contributed by atoms with van der Waals surface area (Å²) in [5, 5.41) is 10.9. The molecule has 10 heteroatoms. The third kappa shape index (κ3) is 4.16. The predicted octanol–water partition coefficient (Wildman–Crippen LogP) is 2.56. The van der Waals surface area contributed by atoms with Crippen molar-refractivity contribution in [1.82, 2.24) is 19.8 Å². The van der Waals surface area contributed by atoms with E-state index in [0.29, 0.717) is 11.7 Å². The molecular formula is C17H22F3N5O2. The van der Waals surface area contributed by atoms with Gasteiger partial charge in [-0.2, -0.15) is 17.7 Å². The lowest BCUT2D eigenvalue weighted by atomic mass is 9.97. The van der Waals surface area contributed by atoms with Crippen molar-refractivity contribution in [3.63, 3.8) is 0 Å². The molecule has 4 heterocycles. The van der Waals surface area contributed by atoms with Crippen molar-refractivity contribution < 1.29 is 22.6 Å². The Labute approximate surface area is 154 Å². The van der Waals surface area contributed by atoms with Crippen LogP contribution in [0.1, 0.15) is 31.5 Å². The Balaban J connectivity index is 1.36. The van der Waals surface area contributed by atoms with E-state index in [2.05, 4.69) is 15.3 Å². The van der Waals surface area contributed by atoms with Gasteiger partial charge in [0.05, 0.1) is 6.10 Å². The normalized spacial score (nSPS) is 20.5. The minimum atomic E-state index is -4.58. The highest BCUT2D eigenvalue weighted by Crippen LogP contribution is 2.29. The Morgan fingerprint density at radius 2 is 1.81 bits per heavy atom. The number of hydrogen-bond acceptors (Lipinski definition) is 6. The van der Waals surface area contributed by atoms with Crippen LogP contribution in [-0.4, -0.2) is 58.8 Å². The van der Waals surface area contributed by atoms with Gasteiger partial charge in [-0.3, -0.25) is 0 Å². The number of hydrogen-bond donors (Lipinski definition) is 0.